The zero-order chi connectivity index (χ0) is 9.26. The molecule has 0 fully saturated rings. The molecule has 0 bridgehead atoms. The van der Waals surface area contributed by atoms with Crippen molar-refractivity contribution in [3.63, 3.8) is 0 Å². The van der Waals surface area contributed by atoms with Crippen LogP contribution in [0.1, 0.15) is 0 Å². The second kappa shape index (κ2) is 3.57. The van der Waals surface area contributed by atoms with E-state index in [0.717, 1.165) is 10.4 Å². The molecule has 0 unspecified atom stereocenters. The molecule has 66 valence electrons. The van der Waals surface area contributed by atoms with Crippen LogP contribution in [-0.4, -0.2) is 5.11 Å². The first kappa shape index (κ1) is 8.87. The summed E-state index contributed by atoms with van der Waals surface area (Å²) in [6, 6.07) is 9.77. The highest BCUT2D eigenvalue weighted by atomic mass is 32.9. The van der Waals surface area contributed by atoms with E-state index < -0.39 is 0 Å². The molecule has 1 nitrogen and oxygen atoms in total. The van der Waals surface area contributed by atoms with E-state index in [-0.39, 0.29) is 5.75 Å². The first-order valence-corrected chi connectivity index (χ1v) is 6.22. The van der Waals surface area contributed by atoms with Crippen LogP contribution in [0.3, 0.4) is 0 Å². The first-order chi connectivity index (χ1) is 6.29. The predicted molar refractivity (Wildman–Crippen MR) is 60.1 cm³/mol. The van der Waals surface area contributed by atoms with Gasteiger partial charge in [-0.15, -0.1) is 0 Å². The average molecular weight is 226 g/mol. The molecule has 1 aromatic heterocycles. The fourth-order valence-corrected chi connectivity index (χ4v) is 3.56. The van der Waals surface area contributed by atoms with Crippen molar-refractivity contribution in [1.29, 1.82) is 0 Å². The lowest BCUT2D eigenvalue weighted by atomic mass is 10.2. The first-order valence-electron chi connectivity index (χ1n) is 3.66. The Hall–Kier alpha value is -0.710. The van der Waals surface area contributed by atoms with Gasteiger partial charge in [0.05, 0.1) is 4.88 Å². The summed E-state index contributed by atoms with van der Waals surface area (Å²) in [7, 11) is 2.95. The zero-order valence-electron chi connectivity index (χ0n) is 6.56. The van der Waals surface area contributed by atoms with Gasteiger partial charge in [0.2, 0.25) is 0 Å². The van der Waals surface area contributed by atoms with Gasteiger partial charge in [-0.05, 0) is 5.56 Å². The Labute approximate surface area is 88.3 Å². The molecule has 0 amide bonds. The largest absolute Gasteiger partial charge is 0.504 e. The van der Waals surface area contributed by atoms with Gasteiger partial charge in [0.15, 0.2) is 5.75 Å². The van der Waals surface area contributed by atoms with Crippen LogP contribution in [0.15, 0.2) is 30.3 Å². The summed E-state index contributed by atoms with van der Waals surface area (Å²) in [6.07, 6.45) is 0. The van der Waals surface area contributed by atoms with Gasteiger partial charge in [-0.2, -0.15) is 0 Å². The van der Waals surface area contributed by atoms with Gasteiger partial charge < -0.3 is 5.11 Å². The third-order valence-corrected chi connectivity index (χ3v) is 4.68. The molecule has 2 rings (SSSR count). The van der Waals surface area contributed by atoms with Crippen molar-refractivity contribution in [3.8, 4) is 16.2 Å². The van der Waals surface area contributed by atoms with Crippen LogP contribution in [0.5, 0.6) is 5.75 Å². The molecule has 4 heteroatoms. The van der Waals surface area contributed by atoms with Crippen molar-refractivity contribution in [2.45, 2.75) is 0 Å². The van der Waals surface area contributed by atoms with Gasteiger partial charge in [-0.3, -0.25) is 0 Å². The minimum Gasteiger partial charge on any atom is -0.504 e. The number of aromatic hydroxyl groups is 1. The Balaban J connectivity index is 2.60. The van der Waals surface area contributed by atoms with Crippen LogP contribution in [0.4, 0.5) is 0 Å². The summed E-state index contributed by atoms with van der Waals surface area (Å²) >= 11 is 4.95. The Morgan fingerprint density at radius 3 is 2.31 bits per heavy atom. The van der Waals surface area contributed by atoms with Crippen LogP contribution >= 0.6 is 32.9 Å². The summed E-state index contributed by atoms with van der Waals surface area (Å²) in [5.74, 6) is 0.246. The minimum atomic E-state index is 0.246. The molecular weight excluding hydrogens is 220 g/mol. The molecule has 2 aromatic rings. The van der Waals surface area contributed by atoms with Crippen molar-refractivity contribution in [3.05, 3.63) is 34.2 Å². The third-order valence-electron chi connectivity index (χ3n) is 1.65. The molecule has 0 aliphatic carbocycles. The fourth-order valence-electron chi connectivity index (χ4n) is 1.03. The number of hydrogen-bond donors (Lipinski definition) is 1. The van der Waals surface area contributed by atoms with Gasteiger partial charge in [0.25, 0.3) is 0 Å². The number of rotatable bonds is 1. The number of benzene rings is 1. The third kappa shape index (κ3) is 1.65. The Morgan fingerprint density at radius 2 is 1.77 bits per heavy atom. The monoisotopic (exact) mass is 226 g/mol. The molecule has 1 heterocycles. The molecule has 1 aromatic carbocycles. The lowest BCUT2D eigenvalue weighted by Crippen LogP contribution is -1.70. The van der Waals surface area contributed by atoms with Crippen molar-refractivity contribution in [2.24, 2.45) is 0 Å². The van der Waals surface area contributed by atoms with Crippen LogP contribution in [0, 0.1) is 3.82 Å². The lowest BCUT2D eigenvalue weighted by molar-refractivity contribution is 0.479. The fraction of sp³-hybridized carbons (Fsp3) is 0. The quantitative estimate of drug-likeness (QED) is 0.587. The molecule has 1 N–H and O–H groups in total. The SMILES string of the molecule is Oc1c(-c2ccccc2)ssc1=S. The molecule has 0 spiro atoms. The van der Waals surface area contributed by atoms with E-state index >= 15 is 0 Å². The van der Waals surface area contributed by atoms with E-state index in [2.05, 4.69) is 0 Å². The van der Waals surface area contributed by atoms with Gasteiger partial charge in [-0.1, -0.05) is 63.2 Å². The molecule has 0 radical (unpaired) electrons. The van der Waals surface area contributed by atoms with Crippen molar-refractivity contribution in [2.75, 3.05) is 0 Å². The van der Waals surface area contributed by atoms with Crippen molar-refractivity contribution < 1.29 is 5.11 Å². The van der Waals surface area contributed by atoms with Gasteiger partial charge in [-0.25, -0.2) is 0 Å². The molecule has 0 atom stereocenters. The van der Waals surface area contributed by atoms with E-state index in [4.69, 9.17) is 12.2 Å². The second-order valence-electron chi connectivity index (χ2n) is 2.50. The lowest BCUT2D eigenvalue weighted by Gasteiger charge is -1.95. The molecule has 0 aliphatic heterocycles. The van der Waals surface area contributed by atoms with E-state index in [1.807, 2.05) is 30.3 Å². The Morgan fingerprint density at radius 1 is 1.08 bits per heavy atom. The maximum Gasteiger partial charge on any atom is 0.163 e. The standard InChI is InChI=1S/C9H6OS3/c10-7-8(12-13-9(7)11)6-4-2-1-3-5-6/h1-5,10H. The highest BCUT2D eigenvalue weighted by molar-refractivity contribution is 7.80. The summed E-state index contributed by atoms with van der Waals surface area (Å²) in [4.78, 5) is 0.871. The highest BCUT2D eigenvalue weighted by Gasteiger charge is 2.07. The van der Waals surface area contributed by atoms with Crippen molar-refractivity contribution in [1.82, 2.24) is 0 Å². The summed E-state index contributed by atoms with van der Waals surface area (Å²) in [6.45, 7) is 0. The van der Waals surface area contributed by atoms with E-state index in [1.165, 1.54) is 20.7 Å². The Kier molecular flexibility index (Phi) is 2.44. The predicted octanol–water partition coefficient (Wildman–Crippen LogP) is 3.91. The summed E-state index contributed by atoms with van der Waals surface area (Å²) in [5.41, 5.74) is 1.03. The summed E-state index contributed by atoms with van der Waals surface area (Å²) in [5, 5.41) is 9.61. The smallest absolute Gasteiger partial charge is 0.163 e. The average Bonchev–Trinajstić information content (AvgIpc) is 2.49. The maximum absolute atomic E-state index is 9.61. The molecule has 0 saturated carbocycles. The zero-order valence-corrected chi connectivity index (χ0v) is 9.01. The van der Waals surface area contributed by atoms with Crippen LogP contribution in [0.25, 0.3) is 10.4 Å². The van der Waals surface area contributed by atoms with E-state index in [9.17, 15) is 5.11 Å². The van der Waals surface area contributed by atoms with Crippen LogP contribution < -0.4 is 0 Å². The molecule has 0 aliphatic rings. The minimum absolute atomic E-state index is 0.246. The van der Waals surface area contributed by atoms with Crippen LogP contribution in [-0.2, 0) is 0 Å². The van der Waals surface area contributed by atoms with Crippen molar-refractivity contribution >= 4 is 32.9 Å². The van der Waals surface area contributed by atoms with E-state index in [1.54, 1.807) is 0 Å². The second-order valence-corrected chi connectivity index (χ2v) is 5.31. The Bertz CT molecular complexity index is 455. The van der Waals surface area contributed by atoms with Gasteiger partial charge in [0, 0.05) is 0 Å². The number of hydrogen-bond acceptors (Lipinski definition) is 4. The van der Waals surface area contributed by atoms with Crippen LogP contribution in [0.2, 0.25) is 0 Å². The normalized spacial score (nSPS) is 10.2. The molecular formula is C9H6OS3. The van der Waals surface area contributed by atoms with Gasteiger partial charge >= 0.3 is 0 Å². The summed E-state index contributed by atoms with van der Waals surface area (Å²) < 4.78 is 0.573. The highest BCUT2D eigenvalue weighted by Crippen LogP contribution is 2.38. The van der Waals surface area contributed by atoms with Gasteiger partial charge in [0.1, 0.15) is 3.82 Å². The molecule has 13 heavy (non-hydrogen) atoms. The topological polar surface area (TPSA) is 20.2 Å². The molecule has 0 saturated heterocycles. The van der Waals surface area contributed by atoms with E-state index in [0.29, 0.717) is 3.82 Å². The maximum atomic E-state index is 9.61.